The van der Waals surface area contributed by atoms with Crippen molar-refractivity contribution in [2.75, 3.05) is 59.6 Å². The Morgan fingerprint density at radius 3 is 2.92 bits per heavy atom. The van der Waals surface area contributed by atoms with Gasteiger partial charge in [0.2, 0.25) is 5.91 Å². The van der Waals surface area contributed by atoms with E-state index in [1.165, 1.54) is 18.6 Å². The third-order valence-electron chi connectivity index (χ3n) is 4.39. The molecular weight excluding hydrogens is 326 g/mol. The van der Waals surface area contributed by atoms with Crippen LogP contribution in [-0.4, -0.2) is 96.8 Å². The van der Waals surface area contributed by atoms with Crippen molar-refractivity contribution in [2.24, 2.45) is 0 Å². The fraction of sp³-hybridized carbons (Fsp3) is 0.625. The molecule has 2 saturated heterocycles. The van der Waals surface area contributed by atoms with Crippen LogP contribution in [0.3, 0.4) is 0 Å². The number of carbonyl (C=O) groups excluding carboxylic acids is 2. The average Bonchev–Trinajstić information content (AvgIpc) is 2.83. The number of hydrogen-bond acceptors (Lipinski definition) is 7. The molecule has 2 amide bonds. The van der Waals surface area contributed by atoms with E-state index in [0.717, 1.165) is 0 Å². The molecule has 1 atom stereocenters. The minimum absolute atomic E-state index is 0.0552. The maximum absolute atomic E-state index is 12.7. The van der Waals surface area contributed by atoms with E-state index in [1.807, 2.05) is 4.90 Å². The summed E-state index contributed by atoms with van der Waals surface area (Å²) in [7, 11) is 1.62. The molecule has 1 aromatic heterocycles. The van der Waals surface area contributed by atoms with Gasteiger partial charge >= 0.3 is 0 Å². The molecule has 1 aromatic rings. The number of carbonyl (C=O) groups is 2. The lowest BCUT2D eigenvalue weighted by Crippen LogP contribution is -2.60. The highest BCUT2D eigenvalue weighted by Crippen LogP contribution is 2.23. The first-order valence-corrected chi connectivity index (χ1v) is 8.32. The Hall–Kier alpha value is -2.10. The molecule has 0 radical (unpaired) electrons. The molecule has 1 spiro atoms. The second kappa shape index (κ2) is 7.85. The van der Waals surface area contributed by atoms with E-state index in [2.05, 4.69) is 15.3 Å². The summed E-state index contributed by atoms with van der Waals surface area (Å²) < 4.78 is 11.7. The van der Waals surface area contributed by atoms with Gasteiger partial charge in [-0.25, -0.2) is 4.98 Å². The molecule has 0 saturated carbocycles. The van der Waals surface area contributed by atoms with Gasteiger partial charge in [0.05, 0.1) is 39.1 Å². The molecule has 1 N–H and O–H groups in total. The molecular formula is C16H23N5O4. The van der Waals surface area contributed by atoms with E-state index in [9.17, 15) is 9.59 Å². The molecule has 9 nitrogen and oxygen atoms in total. The van der Waals surface area contributed by atoms with Crippen LogP contribution in [0, 0.1) is 0 Å². The predicted molar refractivity (Wildman–Crippen MR) is 87.9 cm³/mol. The Kier molecular flexibility index (Phi) is 5.57. The minimum Gasteiger partial charge on any atom is -0.377 e. The molecule has 25 heavy (non-hydrogen) atoms. The van der Waals surface area contributed by atoms with Crippen molar-refractivity contribution in [3.8, 4) is 0 Å². The summed E-state index contributed by atoms with van der Waals surface area (Å²) in [5.74, 6) is -0.224. The van der Waals surface area contributed by atoms with Crippen molar-refractivity contribution in [1.82, 2.24) is 25.1 Å². The monoisotopic (exact) mass is 349 g/mol. The van der Waals surface area contributed by atoms with E-state index in [4.69, 9.17) is 9.47 Å². The molecule has 1 unspecified atom stereocenters. The van der Waals surface area contributed by atoms with Crippen LogP contribution in [0.4, 0.5) is 0 Å². The van der Waals surface area contributed by atoms with Crippen molar-refractivity contribution in [2.45, 2.75) is 5.60 Å². The van der Waals surface area contributed by atoms with Crippen LogP contribution < -0.4 is 5.32 Å². The molecule has 2 fully saturated rings. The number of hydrogen-bond donors (Lipinski definition) is 1. The normalized spacial score (nSPS) is 24.8. The third kappa shape index (κ3) is 4.30. The zero-order chi connectivity index (χ0) is 17.7. The molecule has 0 aliphatic carbocycles. The van der Waals surface area contributed by atoms with E-state index in [1.54, 1.807) is 11.9 Å². The number of nitrogens with one attached hydrogen (secondary N) is 1. The lowest BCUT2D eigenvalue weighted by atomic mass is 10.0. The largest absolute Gasteiger partial charge is 0.377 e. The van der Waals surface area contributed by atoms with Gasteiger partial charge in [-0.05, 0) is 0 Å². The smallest absolute Gasteiger partial charge is 0.274 e. The first kappa shape index (κ1) is 17.7. The zero-order valence-corrected chi connectivity index (χ0v) is 14.3. The number of morpholine rings is 1. The highest BCUT2D eigenvalue weighted by Gasteiger charge is 2.42. The van der Waals surface area contributed by atoms with Gasteiger partial charge in [-0.1, -0.05) is 0 Å². The van der Waals surface area contributed by atoms with E-state index < -0.39 is 5.60 Å². The Labute approximate surface area is 146 Å². The average molecular weight is 349 g/mol. The van der Waals surface area contributed by atoms with E-state index in [-0.39, 0.29) is 18.4 Å². The quantitative estimate of drug-likeness (QED) is 0.729. The highest BCUT2D eigenvalue weighted by molar-refractivity contribution is 5.92. The molecule has 2 aliphatic rings. The minimum atomic E-state index is -0.638. The maximum atomic E-state index is 12.7. The Morgan fingerprint density at radius 2 is 2.16 bits per heavy atom. The number of ether oxygens (including phenoxy) is 2. The van der Waals surface area contributed by atoms with Gasteiger partial charge in [-0.2, -0.15) is 0 Å². The standard InChI is InChI=1S/C16H23N5O4/c1-17-14(22)9-20-4-6-24-12-16(10-20)11-21(5-7-25-16)15(23)13-8-18-2-3-19-13/h2-3,8H,4-7,9-12H2,1H3,(H,17,22). The van der Waals surface area contributed by atoms with Gasteiger partial charge in [0.1, 0.15) is 11.3 Å². The van der Waals surface area contributed by atoms with Gasteiger partial charge in [-0.15, -0.1) is 0 Å². The lowest BCUT2D eigenvalue weighted by molar-refractivity contribution is -0.136. The van der Waals surface area contributed by atoms with Crippen LogP contribution in [0.1, 0.15) is 10.5 Å². The number of amides is 2. The van der Waals surface area contributed by atoms with Crippen molar-refractivity contribution < 1.29 is 19.1 Å². The van der Waals surface area contributed by atoms with E-state index >= 15 is 0 Å². The fourth-order valence-electron chi connectivity index (χ4n) is 3.17. The molecule has 3 heterocycles. The lowest BCUT2D eigenvalue weighted by Gasteiger charge is -2.43. The molecule has 9 heteroatoms. The SMILES string of the molecule is CNC(=O)CN1CCOCC2(C1)CN(C(=O)c1cnccn1)CCO2. The van der Waals surface area contributed by atoms with Crippen molar-refractivity contribution >= 4 is 11.8 Å². The molecule has 136 valence electrons. The summed E-state index contributed by atoms with van der Waals surface area (Å²) in [5, 5.41) is 2.63. The Balaban J connectivity index is 1.71. The Bertz CT molecular complexity index is 614. The van der Waals surface area contributed by atoms with Crippen LogP contribution in [-0.2, 0) is 14.3 Å². The van der Waals surface area contributed by atoms with Crippen LogP contribution >= 0.6 is 0 Å². The van der Waals surface area contributed by atoms with Gasteiger partial charge < -0.3 is 19.7 Å². The number of nitrogens with zero attached hydrogens (tertiary/aromatic N) is 4. The van der Waals surface area contributed by atoms with Crippen LogP contribution in [0.25, 0.3) is 0 Å². The molecule has 2 aliphatic heterocycles. The van der Waals surface area contributed by atoms with Crippen LogP contribution in [0.2, 0.25) is 0 Å². The number of likely N-dealkylation sites (N-methyl/N-ethyl adjacent to an activating group) is 1. The maximum Gasteiger partial charge on any atom is 0.274 e. The van der Waals surface area contributed by atoms with Crippen molar-refractivity contribution in [1.29, 1.82) is 0 Å². The topological polar surface area (TPSA) is 96.9 Å². The van der Waals surface area contributed by atoms with Crippen molar-refractivity contribution in [3.63, 3.8) is 0 Å². The number of aromatic nitrogens is 2. The van der Waals surface area contributed by atoms with Gasteiger partial charge in [-0.3, -0.25) is 19.5 Å². The van der Waals surface area contributed by atoms with Crippen LogP contribution in [0.15, 0.2) is 18.6 Å². The first-order valence-electron chi connectivity index (χ1n) is 8.32. The summed E-state index contributed by atoms with van der Waals surface area (Å²) in [4.78, 5) is 36.1. The Morgan fingerprint density at radius 1 is 1.28 bits per heavy atom. The molecule has 0 aromatic carbocycles. The first-order chi connectivity index (χ1) is 12.1. The number of rotatable bonds is 3. The van der Waals surface area contributed by atoms with Gasteiger partial charge in [0.15, 0.2) is 0 Å². The van der Waals surface area contributed by atoms with Crippen LogP contribution in [0.5, 0.6) is 0 Å². The highest BCUT2D eigenvalue weighted by atomic mass is 16.5. The molecule has 3 rings (SSSR count). The fourth-order valence-corrected chi connectivity index (χ4v) is 3.17. The molecule has 0 bridgehead atoms. The summed E-state index contributed by atoms with van der Waals surface area (Å²) in [6.45, 7) is 3.69. The second-order valence-corrected chi connectivity index (χ2v) is 6.29. The van der Waals surface area contributed by atoms with Gasteiger partial charge in [0.25, 0.3) is 5.91 Å². The third-order valence-corrected chi connectivity index (χ3v) is 4.39. The van der Waals surface area contributed by atoms with E-state index in [0.29, 0.717) is 51.7 Å². The summed E-state index contributed by atoms with van der Waals surface area (Å²) in [6.07, 6.45) is 4.50. The predicted octanol–water partition coefficient (Wildman–Crippen LogP) is -1.23. The van der Waals surface area contributed by atoms with Gasteiger partial charge in [0, 0.05) is 39.1 Å². The summed E-state index contributed by atoms with van der Waals surface area (Å²) in [5.41, 5.74) is -0.322. The summed E-state index contributed by atoms with van der Waals surface area (Å²) in [6, 6.07) is 0. The summed E-state index contributed by atoms with van der Waals surface area (Å²) >= 11 is 0. The zero-order valence-electron chi connectivity index (χ0n) is 14.3. The second-order valence-electron chi connectivity index (χ2n) is 6.29. The van der Waals surface area contributed by atoms with Crippen molar-refractivity contribution in [3.05, 3.63) is 24.3 Å².